The minimum absolute atomic E-state index is 0.239. The van der Waals surface area contributed by atoms with Crippen LogP contribution in [0.2, 0.25) is 5.02 Å². The standard InChI is InChI=1S/C24H18ClNO5/c1-13-5-3-7-19-22(13)17(12-16-18(25)6-4-8-21(16)31-2)23(28)26(19)14-9-10-15(24(29)30)20(27)11-14/h3-12,27H,1-2H3,(H,29,30)/b17-12-. The predicted molar refractivity (Wildman–Crippen MR) is 119 cm³/mol. The molecule has 1 amide bonds. The molecular weight excluding hydrogens is 418 g/mol. The van der Waals surface area contributed by atoms with Crippen molar-refractivity contribution in [2.75, 3.05) is 12.0 Å². The van der Waals surface area contributed by atoms with Gasteiger partial charge in [-0.2, -0.15) is 0 Å². The SMILES string of the molecule is COc1cccc(Cl)c1/C=C1\C(=O)N(c2ccc(C(=O)O)c(O)c2)c2cccc(C)c21. The molecular formula is C24H18ClNO5. The van der Waals surface area contributed by atoms with E-state index in [1.165, 1.54) is 30.2 Å². The van der Waals surface area contributed by atoms with Gasteiger partial charge < -0.3 is 14.9 Å². The van der Waals surface area contributed by atoms with Crippen molar-refractivity contribution in [2.45, 2.75) is 6.92 Å². The van der Waals surface area contributed by atoms with Crippen LogP contribution < -0.4 is 9.64 Å². The number of hydrogen-bond acceptors (Lipinski definition) is 4. The predicted octanol–water partition coefficient (Wildman–Crippen LogP) is 5.28. The maximum absolute atomic E-state index is 13.5. The zero-order valence-electron chi connectivity index (χ0n) is 16.7. The van der Waals surface area contributed by atoms with Crippen LogP contribution in [0.4, 0.5) is 11.4 Å². The molecule has 6 nitrogen and oxygen atoms in total. The van der Waals surface area contributed by atoms with Crippen LogP contribution in [-0.4, -0.2) is 29.2 Å². The molecule has 3 aromatic carbocycles. The molecule has 0 atom stereocenters. The van der Waals surface area contributed by atoms with Crippen LogP contribution in [0.5, 0.6) is 11.5 Å². The number of carbonyl (C=O) groups is 2. The number of fused-ring (bicyclic) bond motifs is 1. The summed E-state index contributed by atoms with van der Waals surface area (Å²) in [5.74, 6) is -1.46. The second-order valence-electron chi connectivity index (χ2n) is 7.03. The molecule has 3 aromatic rings. The van der Waals surface area contributed by atoms with E-state index in [4.69, 9.17) is 16.3 Å². The molecule has 1 aliphatic heterocycles. The van der Waals surface area contributed by atoms with Gasteiger partial charge in [0, 0.05) is 17.2 Å². The maximum atomic E-state index is 13.5. The number of halogens is 1. The monoisotopic (exact) mass is 435 g/mol. The third-order valence-corrected chi connectivity index (χ3v) is 5.52. The van der Waals surface area contributed by atoms with Crippen LogP contribution in [0.15, 0.2) is 54.6 Å². The lowest BCUT2D eigenvalue weighted by Gasteiger charge is -2.18. The fourth-order valence-corrected chi connectivity index (χ4v) is 3.96. The van der Waals surface area contributed by atoms with Crippen LogP contribution in [-0.2, 0) is 4.79 Å². The summed E-state index contributed by atoms with van der Waals surface area (Å²) in [7, 11) is 1.53. The Kier molecular flexibility index (Phi) is 5.17. The number of carboxylic acids is 1. The number of phenols is 1. The third kappa shape index (κ3) is 3.41. The van der Waals surface area contributed by atoms with Crippen molar-refractivity contribution in [1.29, 1.82) is 0 Å². The van der Waals surface area contributed by atoms with Crippen molar-refractivity contribution >= 4 is 46.5 Å². The first kappa shape index (κ1) is 20.5. The molecule has 0 saturated carbocycles. The summed E-state index contributed by atoms with van der Waals surface area (Å²) < 4.78 is 5.41. The molecule has 0 radical (unpaired) electrons. The Balaban J connectivity index is 1.92. The highest BCUT2D eigenvalue weighted by atomic mass is 35.5. The summed E-state index contributed by atoms with van der Waals surface area (Å²) in [4.78, 5) is 26.2. The van der Waals surface area contributed by atoms with E-state index < -0.39 is 11.7 Å². The molecule has 0 spiro atoms. The fourth-order valence-electron chi connectivity index (χ4n) is 3.74. The zero-order valence-corrected chi connectivity index (χ0v) is 17.5. The largest absolute Gasteiger partial charge is 0.507 e. The number of anilines is 2. The second-order valence-corrected chi connectivity index (χ2v) is 7.44. The third-order valence-electron chi connectivity index (χ3n) is 5.19. The lowest BCUT2D eigenvalue weighted by Crippen LogP contribution is -2.20. The fraction of sp³-hybridized carbons (Fsp3) is 0.0833. The quantitative estimate of drug-likeness (QED) is 0.544. The number of carbonyl (C=O) groups excluding carboxylic acids is 1. The summed E-state index contributed by atoms with van der Waals surface area (Å²) in [5, 5.41) is 19.8. The minimum atomic E-state index is -1.25. The zero-order chi connectivity index (χ0) is 22.3. The van der Waals surface area contributed by atoms with Gasteiger partial charge in [-0.15, -0.1) is 0 Å². The van der Waals surface area contributed by atoms with Crippen molar-refractivity contribution in [3.05, 3.63) is 81.9 Å². The molecule has 2 N–H and O–H groups in total. The van der Waals surface area contributed by atoms with Gasteiger partial charge in [0.05, 0.1) is 29.1 Å². The van der Waals surface area contributed by atoms with Gasteiger partial charge in [0.1, 0.15) is 17.1 Å². The topological polar surface area (TPSA) is 87.1 Å². The van der Waals surface area contributed by atoms with E-state index in [9.17, 15) is 19.8 Å². The van der Waals surface area contributed by atoms with Crippen molar-refractivity contribution in [2.24, 2.45) is 0 Å². The molecule has 0 unspecified atom stereocenters. The van der Waals surface area contributed by atoms with E-state index in [-0.39, 0.29) is 11.5 Å². The number of benzene rings is 3. The van der Waals surface area contributed by atoms with Crippen LogP contribution in [0.25, 0.3) is 11.6 Å². The Hall–Kier alpha value is -3.77. The van der Waals surface area contributed by atoms with E-state index in [0.717, 1.165) is 11.1 Å². The number of aromatic carboxylic acids is 1. The molecule has 4 rings (SSSR count). The smallest absolute Gasteiger partial charge is 0.339 e. The molecule has 0 aliphatic carbocycles. The van der Waals surface area contributed by atoms with Crippen molar-refractivity contribution in [3.63, 3.8) is 0 Å². The summed E-state index contributed by atoms with van der Waals surface area (Å²) in [6.45, 7) is 1.90. The molecule has 1 heterocycles. The van der Waals surface area contributed by atoms with Crippen molar-refractivity contribution in [3.8, 4) is 11.5 Å². The Morgan fingerprint density at radius 2 is 1.87 bits per heavy atom. The summed E-state index contributed by atoms with van der Waals surface area (Å²) in [6.07, 6.45) is 1.70. The number of nitrogens with zero attached hydrogens (tertiary/aromatic N) is 1. The lowest BCUT2D eigenvalue weighted by atomic mass is 9.99. The number of aromatic hydroxyl groups is 1. The molecule has 31 heavy (non-hydrogen) atoms. The molecule has 0 bridgehead atoms. The highest BCUT2D eigenvalue weighted by molar-refractivity contribution is 6.39. The first-order valence-electron chi connectivity index (χ1n) is 9.38. The summed E-state index contributed by atoms with van der Waals surface area (Å²) in [6, 6.07) is 14.8. The van der Waals surface area contributed by atoms with E-state index in [2.05, 4.69) is 0 Å². The highest BCUT2D eigenvalue weighted by Crippen LogP contribution is 2.45. The Bertz CT molecular complexity index is 1260. The van der Waals surface area contributed by atoms with E-state index >= 15 is 0 Å². The van der Waals surface area contributed by atoms with E-state index in [0.29, 0.717) is 33.3 Å². The number of hydrogen-bond donors (Lipinski definition) is 2. The van der Waals surface area contributed by atoms with Gasteiger partial charge in [-0.3, -0.25) is 9.69 Å². The molecule has 0 aromatic heterocycles. The Labute approximate surface area is 183 Å². The van der Waals surface area contributed by atoms with Gasteiger partial charge in [-0.1, -0.05) is 29.8 Å². The Morgan fingerprint density at radius 3 is 2.55 bits per heavy atom. The minimum Gasteiger partial charge on any atom is -0.507 e. The number of aryl methyl sites for hydroxylation is 1. The number of carboxylic acid groups (broad SMARTS) is 1. The summed E-state index contributed by atoms with van der Waals surface area (Å²) in [5.41, 5.74) is 3.36. The molecule has 1 aliphatic rings. The maximum Gasteiger partial charge on any atom is 0.339 e. The average Bonchev–Trinajstić information content (AvgIpc) is 3.01. The van der Waals surface area contributed by atoms with Crippen molar-refractivity contribution in [1.82, 2.24) is 0 Å². The normalized spacial score (nSPS) is 14.1. The second kappa shape index (κ2) is 7.81. The van der Waals surface area contributed by atoms with Gasteiger partial charge in [0.2, 0.25) is 0 Å². The Morgan fingerprint density at radius 1 is 1.13 bits per heavy atom. The van der Waals surface area contributed by atoms with Gasteiger partial charge in [-0.05, 0) is 48.9 Å². The van der Waals surface area contributed by atoms with E-state index in [1.54, 1.807) is 30.3 Å². The van der Waals surface area contributed by atoms with Gasteiger partial charge in [-0.25, -0.2) is 4.79 Å². The number of ether oxygens (including phenoxy) is 1. The van der Waals surface area contributed by atoms with Crippen LogP contribution in [0, 0.1) is 6.92 Å². The highest BCUT2D eigenvalue weighted by Gasteiger charge is 2.35. The average molecular weight is 436 g/mol. The van der Waals surface area contributed by atoms with Gasteiger partial charge >= 0.3 is 5.97 Å². The number of rotatable bonds is 4. The molecule has 0 fully saturated rings. The first-order chi connectivity index (χ1) is 14.8. The summed E-state index contributed by atoms with van der Waals surface area (Å²) >= 11 is 6.38. The number of amides is 1. The molecule has 156 valence electrons. The lowest BCUT2D eigenvalue weighted by molar-refractivity contribution is -0.112. The molecule has 0 saturated heterocycles. The van der Waals surface area contributed by atoms with Crippen molar-refractivity contribution < 1.29 is 24.5 Å². The van der Waals surface area contributed by atoms with Crippen LogP contribution in [0.3, 0.4) is 0 Å². The van der Waals surface area contributed by atoms with E-state index in [1.807, 2.05) is 19.1 Å². The van der Waals surface area contributed by atoms with Gasteiger partial charge in [0.25, 0.3) is 5.91 Å². The van der Waals surface area contributed by atoms with Crippen LogP contribution in [0.1, 0.15) is 27.0 Å². The van der Waals surface area contributed by atoms with Gasteiger partial charge in [0.15, 0.2) is 0 Å². The first-order valence-corrected chi connectivity index (χ1v) is 9.76. The number of methoxy groups -OCH3 is 1. The molecule has 7 heteroatoms. The van der Waals surface area contributed by atoms with Crippen LogP contribution >= 0.6 is 11.6 Å².